The fraction of sp³-hybridized carbons (Fsp3) is 0.158. The van der Waals surface area contributed by atoms with Crippen LogP contribution in [0.15, 0.2) is 59.9 Å². The molecule has 1 amide bonds. The number of amides is 1. The maximum absolute atomic E-state index is 12.5. The summed E-state index contributed by atoms with van der Waals surface area (Å²) in [5.41, 5.74) is 1.98. The Labute approximate surface area is 165 Å². The molecule has 0 aliphatic carbocycles. The molecule has 0 spiro atoms. The number of nitrogens with one attached hydrogen (secondary N) is 2. The molecule has 1 aromatic heterocycles. The Bertz CT molecular complexity index is 991. The van der Waals surface area contributed by atoms with Crippen LogP contribution < -0.4 is 10.1 Å². The molecular formula is C19H18N4O4S. The number of methoxy groups -OCH3 is 1. The van der Waals surface area contributed by atoms with Crippen LogP contribution in [-0.4, -0.2) is 33.2 Å². The van der Waals surface area contributed by atoms with Gasteiger partial charge < -0.3 is 15.0 Å². The van der Waals surface area contributed by atoms with E-state index >= 15 is 0 Å². The van der Waals surface area contributed by atoms with Gasteiger partial charge in [-0.1, -0.05) is 42.1 Å². The number of carbonyl (C=O) groups excluding carboxylic acids is 1. The van der Waals surface area contributed by atoms with E-state index in [4.69, 9.17) is 4.74 Å². The topological polar surface area (TPSA) is 110 Å². The van der Waals surface area contributed by atoms with Crippen molar-refractivity contribution < 1.29 is 14.5 Å². The Hall–Kier alpha value is -3.33. The van der Waals surface area contributed by atoms with Crippen molar-refractivity contribution in [2.24, 2.45) is 0 Å². The monoisotopic (exact) mass is 398 g/mol. The van der Waals surface area contributed by atoms with Gasteiger partial charge in [0.25, 0.3) is 5.69 Å². The molecule has 144 valence electrons. The van der Waals surface area contributed by atoms with Crippen LogP contribution in [0.2, 0.25) is 0 Å². The van der Waals surface area contributed by atoms with E-state index < -0.39 is 10.2 Å². The van der Waals surface area contributed by atoms with Crippen molar-refractivity contribution in [3.63, 3.8) is 0 Å². The van der Waals surface area contributed by atoms with Crippen molar-refractivity contribution >= 4 is 29.0 Å². The quantitative estimate of drug-likeness (QED) is 0.352. The van der Waals surface area contributed by atoms with Gasteiger partial charge in [-0.05, 0) is 18.6 Å². The summed E-state index contributed by atoms with van der Waals surface area (Å²) >= 11 is 1.26. The number of benzene rings is 2. The molecule has 3 aromatic rings. The summed E-state index contributed by atoms with van der Waals surface area (Å²) < 4.78 is 5.17. The van der Waals surface area contributed by atoms with Crippen molar-refractivity contribution in [1.82, 2.24) is 9.97 Å². The van der Waals surface area contributed by atoms with E-state index in [9.17, 15) is 14.9 Å². The van der Waals surface area contributed by atoms with Gasteiger partial charge in [0.1, 0.15) is 5.75 Å². The molecule has 9 heteroatoms. The van der Waals surface area contributed by atoms with Crippen LogP contribution in [0, 0.1) is 10.1 Å². The van der Waals surface area contributed by atoms with Crippen molar-refractivity contribution in [1.29, 1.82) is 0 Å². The Kier molecular flexibility index (Phi) is 5.95. The molecule has 8 nitrogen and oxygen atoms in total. The summed E-state index contributed by atoms with van der Waals surface area (Å²) in [4.78, 5) is 30.5. The molecule has 0 aliphatic heterocycles. The number of carbonyl (C=O) groups is 1. The van der Waals surface area contributed by atoms with Gasteiger partial charge in [0.15, 0.2) is 5.16 Å². The number of non-ortho nitro benzene ring substituents is 1. The molecule has 1 atom stereocenters. The van der Waals surface area contributed by atoms with E-state index in [-0.39, 0.29) is 17.3 Å². The highest BCUT2D eigenvalue weighted by Crippen LogP contribution is 2.30. The SMILES string of the molecule is COc1ccc([N+](=O)[O-])cc1NC(=O)C(C)Sc1ncc(-c2ccccc2)[nH]1. The lowest BCUT2D eigenvalue weighted by molar-refractivity contribution is -0.384. The summed E-state index contributed by atoms with van der Waals surface area (Å²) in [5.74, 6) is 0.0296. The number of imidazole rings is 1. The third-order valence-corrected chi connectivity index (χ3v) is 4.95. The minimum absolute atomic E-state index is 0.130. The molecule has 28 heavy (non-hydrogen) atoms. The third kappa shape index (κ3) is 4.49. The highest BCUT2D eigenvalue weighted by Gasteiger charge is 2.20. The Morgan fingerprint density at radius 3 is 2.71 bits per heavy atom. The Morgan fingerprint density at radius 1 is 1.29 bits per heavy atom. The molecule has 0 saturated heterocycles. The average molecular weight is 398 g/mol. The molecule has 1 unspecified atom stereocenters. The molecule has 0 saturated carbocycles. The molecule has 0 radical (unpaired) electrons. The molecule has 1 heterocycles. The molecule has 0 fully saturated rings. The fourth-order valence-corrected chi connectivity index (χ4v) is 3.27. The maximum atomic E-state index is 12.5. The second-order valence-corrected chi connectivity index (χ2v) is 7.19. The minimum Gasteiger partial charge on any atom is -0.495 e. The van der Waals surface area contributed by atoms with Gasteiger partial charge in [-0.2, -0.15) is 0 Å². The number of hydrogen-bond acceptors (Lipinski definition) is 6. The number of hydrogen-bond donors (Lipinski definition) is 2. The minimum atomic E-state index is -0.527. The number of thioether (sulfide) groups is 1. The molecule has 2 aromatic carbocycles. The maximum Gasteiger partial charge on any atom is 0.271 e. The largest absolute Gasteiger partial charge is 0.495 e. The van der Waals surface area contributed by atoms with Crippen molar-refractivity contribution in [2.75, 3.05) is 12.4 Å². The van der Waals surface area contributed by atoms with E-state index in [0.717, 1.165) is 11.3 Å². The highest BCUT2D eigenvalue weighted by molar-refractivity contribution is 8.00. The highest BCUT2D eigenvalue weighted by atomic mass is 32.2. The molecule has 3 rings (SSSR count). The van der Waals surface area contributed by atoms with Gasteiger partial charge in [-0.25, -0.2) is 4.98 Å². The number of H-pyrrole nitrogens is 1. The Balaban J connectivity index is 1.69. The summed E-state index contributed by atoms with van der Waals surface area (Å²) in [6.45, 7) is 1.73. The van der Waals surface area contributed by atoms with Crippen molar-refractivity contribution in [2.45, 2.75) is 17.3 Å². The van der Waals surface area contributed by atoms with Crippen LogP contribution in [0.1, 0.15) is 6.92 Å². The van der Waals surface area contributed by atoms with Gasteiger partial charge in [-0.15, -0.1) is 0 Å². The first-order valence-corrected chi connectivity index (χ1v) is 9.26. The summed E-state index contributed by atoms with van der Waals surface area (Å²) in [5, 5.41) is 13.8. The number of ether oxygens (including phenoxy) is 1. The van der Waals surface area contributed by atoms with Gasteiger partial charge in [0, 0.05) is 12.1 Å². The van der Waals surface area contributed by atoms with Crippen LogP contribution in [0.3, 0.4) is 0 Å². The van der Waals surface area contributed by atoms with E-state index in [0.29, 0.717) is 10.9 Å². The number of aromatic amines is 1. The van der Waals surface area contributed by atoms with Gasteiger partial charge >= 0.3 is 0 Å². The van der Waals surface area contributed by atoms with Crippen LogP contribution in [0.5, 0.6) is 5.75 Å². The lowest BCUT2D eigenvalue weighted by atomic mass is 10.2. The van der Waals surface area contributed by atoms with Crippen LogP contribution in [-0.2, 0) is 4.79 Å². The number of anilines is 1. The fourth-order valence-electron chi connectivity index (χ4n) is 2.49. The number of nitro groups is 1. The van der Waals surface area contributed by atoms with E-state index in [1.54, 1.807) is 13.1 Å². The predicted octanol–water partition coefficient (Wildman–Crippen LogP) is 4.11. The van der Waals surface area contributed by atoms with Crippen molar-refractivity contribution in [3.05, 3.63) is 64.8 Å². The van der Waals surface area contributed by atoms with Gasteiger partial charge in [-0.3, -0.25) is 14.9 Å². The Morgan fingerprint density at radius 2 is 2.04 bits per heavy atom. The van der Waals surface area contributed by atoms with Crippen molar-refractivity contribution in [3.8, 4) is 17.0 Å². The summed E-state index contributed by atoms with van der Waals surface area (Å²) in [7, 11) is 1.43. The first-order chi connectivity index (χ1) is 13.5. The molecule has 0 aliphatic rings. The number of aromatic nitrogens is 2. The zero-order chi connectivity index (χ0) is 20.1. The van der Waals surface area contributed by atoms with E-state index in [1.807, 2.05) is 30.3 Å². The smallest absolute Gasteiger partial charge is 0.271 e. The third-order valence-electron chi connectivity index (χ3n) is 3.95. The number of nitrogens with zero attached hydrogens (tertiary/aromatic N) is 2. The number of rotatable bonds is 7. The second-order valence-electron chi connectivity index (χ2n) is 5.86. The zero-order valence-corrected chi connectivity index (χ0v) is 16.0. The average Bonchev–Trinajstić information content (AvgIpc) is 3.17. The van der Waals surface area contributed by atoms with E-state index in [2.05, 4.69) is 15.3 Å². The number of nitro benzene ring substituents is 1. The summed E-state index contributed by atoms with van der Waals surface area (Å²) in [6.07, 6.45) is 1.71. The van der Waals surface area contributed by atoms with Crippen LogP contribution in [0.4, 0.5) is 11.4 Å². The zero-order valence-electron chi connectivity index (χ0n) is 15.2. The second kappa shape index (κ2) is 8.57. The molecule has 0 bridgehead atoms. The summed E-state index contributed by atoms with van der Waals surface area (Å²) in [6, 6.07) is 13.8. The predicted molar refractivity (Wildman–Crippen MR) is 108 cm³/mol. The first kappa shape index (κ1) is 19.4. The normalized spacial score (nSPS) is 11.6. The molecule has 2 N–H and O–H groups in total. The van der Waals surface area contributed by atoms with E-state index in [1.165, 1.54) is 37.1 Å². The lowest BCUT2D eigenvalue weighted by Gasteiger charge is -2.13. The lowest BCUT2D eigenvalue weighted by Crippen LogP contribution is -2.22. The standard InChI is InChI=1S/C19H18N4O4S/c1-12(28-19-20-11-16(22-19)13-6-4-3-5-7-13)18(24)21-15-10-14(23(25)26)8-9-17(15)27-2/h3-12H,1-2H3,(H,20,22)(H,21,24). The molecular weight excluding hydrogens is 380 g/mol. The van der Waals surface area contributed by atoms with Gasteiger partial charge in [0.05, 0.1) is 34.9 Å². The first-order valence-electron chi connectivity index (χ1n) is 8.38. The van der Waals surface area contributed by atoms with Crippen LogP contribution >= 0.6 is 11.8 Å². The van der Waals surface area contributed by atoms with Crippen LogP contribution in [0.25, 0.3) is 11.3 Å². The van der Waals surface area contributed by atoms with Gasteiger partial charge in [0.2, 0.25) is 5.91 Å².